The number of hydrogen-bond donors (Lipinski definition) is 0. The summed E-state index contributed by atoms with van der Waals surface area (Å²) >= 11 is 11.9. The minimum Gasteiger partial charge on any atom is -0.310 e. The van der Waals surface area contributed by atoms with E-state index >= 15 is 0 Å². The zero-order valence-corrected chi connectivity index (χ0v) is 15.1. The number of halogens is 2. The lowest BCUT2D eigenvalue weighted by atomic mass is 10.2. The van der Waals surface area contributed by atoms with Gasteiger partial charge in [0.15, 0.2) is 0 Å². The van der Waals surface area contributed by atoms with E-state index in [0.29, 0.717) is 23.1 Å². The molecule has 0 N–H and O–H groups in total. The van der Waals surface area contributed by atoms with Crippen LogP contribution in [0, 0.1) is 0 Å². The molecule has 1 aromatic carbocycles. The Kier molecular flexibility index (Phi) is 5.01. The van der Waals surface area contributed by atoms with E-state index in [2.05, 4.69) is 0 Å². The highest BCUT2D eigenvalue weighted by molar-refractivity contribution is 7.89. The zero-order chi connectivity index (χ0) is 17.3. The van der Waals surface area contributed by atoms with Gasteiger partial charge in [-0.2, -0.15) is 4.31 Å². The molecule has 0 radical (unpaired) electrons. The number of hydrogen-bond acceptors (Lipinski definition) is 3. The molecule has 2 aromatic rings. The number of nitrogens with zero attached hydrogens (tertiary/aromatic N) is 2. The largest absolute Gasteiger partial charge is 0.310 e. The molecule has 0 unspecified atom stereocenters. The highest BCUT2D eigenvalue weighted by Gasteiger charge is 2.27. The lowest BCUT2D eigenvalue weighted by Crippen LogP contribution is -2.29. The van der Waals surface area contributed by atoms with Crippen molar-refractivity contribution in [3.8, 4) is 0 Å². The predicted molar refractivity (Wildman–Crippen MR) is 94.3 cm³/mol. The second kappa shape index (κ2) is 6.88. The molecular formula is C16H16Cl2N2O3S. The van der Waals surface area contributed by atoms with Gasteiger partial charge in [-0.05, 0) is 36.6 Å². The topological polar surface area (TPSA) is 59.4 Å². The monoisotopic (exact) mass is 386 g/mol. The summed E-state index contributed by atoms with van der Waals surface area (Å²) in [7, 11) is -3.56. The fraction of sp³-hybridized carbons (Fsp3) is 0.312. The van der Waals surface area contributed by atoms with E-state index in [-0.39, 0.29) is 17.0 Å². The van der Waals surface area contributed by atoms with E-state index in [9.17, 15) is 13.2 Å². The van der Waals surface area contributed by atoms with Gasteiger partial charge in [0, 0.05) is 25.4 Å². The van der Waals surface area contributed by atoms with Crippen LogP contribution < -0.4 is 5.56 Å². The Morgan fingerprint density at radius 3 is 2.38 bits per heavy atom. The van der Waals surface area contributed by atoms with Crippen molar-refractivity contribution < 1.29 is 8.42 Å². The SMILES string of the molecule is O=c1ccc(S(=O)(=O)N2CCCC2)cn1Cc1ccc(Cl)c(Cl)c1. The van der Waals surface area contributed by atoms with Crippen LogP contribution in [-0.4, -0.2) is 30.4 Å². The molecule has 0 spiro atoms. The molecule has 24 heavy (non-hydrogen) atoms. The highest BCUT2D eigenvalue weighted by Crippen LogP contribution is 2.23. The first-order valence-electron chi connectivity index (χ1n) is 7.52. The lowest BCUT2D eigenvalue weighted by molar-refractivity contribution is 0.476. The van der Waals surface area contributed by atoms with E-state index in [1.165, 1.54) is 27.2 Å². The molecule has 0 amide bonds. The Balaban J connectivity index is 1.94. The summed E-state index contributed by atoms with van der Waals surface area (Å²) in [5.41, 5.74) is 0.490. The van der Waals surface area contributed by atoms with Gasteiger partial charge in [0.1, 0.15) is 0 Å². The third kappa shape index (κ3) is 3.52. The zero-order valence-electron chi connectivity index (χ0n) is 12.8. The molecule has 0 bridgehead atoms. The van der Waals surface area contributed by atoms with Crippen LogP contribution in [0.15, 0.2) is 46.2 Å². The van der Waals surface area contributed by atoms with Crippen molar-refractivity contribution in [3.63, 3.8) is 0 Å². The fourth-order valence-electron chi connectivity index (χ4n) is 2.70. The Morgan fingerprint density at radius 2 is 1.71 bits per heavy atom. The molecule has 3 rings (SSSR count). The molecule has 1 aliphatic heterocycles. The molecule has 1 aliphatic rings. The van der Waals surface area contributed by atoms with Gasteiger partial charge >= 0.3 is 0 Å². The fourth-order valence-corrected chi connectivity index (χ4v) is 4.56. The molecule has 1 aromatic heterocycles. The second-order valence-electron chi connectivity index (χ2n) is 5.69. The van der Waals surface area contributed by atoms with Gasteiger partial charge in [-0.15, -0.1) is 0 Å². The van der Waals surface area contributed by atoms with E-state index in [1.54, 1.807) is 18.2 Å². The number of pyridine rings is 1. The first-order valence-corrected chi connectivity index (χ1v) is 9.72. The molecule has 0 aliphatic carbocycles. The summed E-state index contributed by atoms with van der Waals surface area (Å²) in [5.74, 6) is 0. The Labute approximate surface area is 150 Å². The van der Waals surface area contributed by atoms with Crippen LogP contribution in [0.4, 0.5) is 0 Å². The van der Waals surface area contributed by atoms with Crippen LogP contribution in [-0.2, 0) is 16.6 Å². The van der Waals surface area contributed by atoms with E-state index in [1.807, 2.05) is 0 Å². The minimum atomic E-state index is -3.56. The summed E-state index contributed by atoms with van der Waals surface area (Å²) in [6, 6.07) is 7.71. The lowest BCUT2D eigenvalue weighted by Gasteiger charge is -2.16. The number of aromatic nitrogens is 1. The Hall–Kier alpha value is -1.34. The van der Waals surface area contributed by atoms with Crippen LogP contribution >= 0.6 is 23.2 Å². The van der Waals surface area contributed by atoms with Crippen molar-refractivity contribution in [1.82, 2.24) is 8.87 Å². The first kappa shape index (κ1) is 17.5. The summed E-state index contributed by atoms with van der Waals surface area (Å²) in [5, 5.41) is 0.821. The molecule has 0 atom stereocenters. The molecule has 1 fully saturated rings. The summed E-state index contributed by atoms with van der Waals surface area (Å²) in [6.07, 6.45) is 3.11. The van der Waals surface area contributed by atoms with Gasteiger partial charge in [-0.3, -0.25) is 4.79 Å². The van der Waals surface area contributed by atoms with Crippen LogP contribution in [0.1, 0.15) is 18.4 Å². The Bertz CT molecular complexity index is 919. The third-order valence-electron chi connectivity index (χ3n) is 4.00. The van der Waals surface area contributed by atoms with E-state index in [4.69, 9.17) is 23.2 Å². The maximum Gasteiger partial charge on any atom is 0.250 e. The van der Waals surface area contributed by atoms with Gasteiger partial charge in [0.05, 0.1) is 21.5 Å². The second-order valence-corrected chi connectivity index (χ2v) is 8.44. The molecule has 1 saturated heterocycles. The molecule has 8 heteroatoms. The van der Waals surface area contributed by atoms with E-state index < -0.39 is 10.0 Å². The van der Waals surface area contributed by atoms with Crippen molar-refractivity contribution in [2.45, 2.75) is 24.3 Å². The van der Waals surface area contributed by atoms with Gasteiger partial charge in [-0.25, -0.2) is 8.42 Å². The highest BCUT2D eigenvalue weighted by atomic mass is 35.5. The van der Waals surface area contributed by atoms with E-state index in [0.717, 1.165) is 18.4 Å². The van der Waals surface area contributed by atoms with Gasteiger partial charge in [0.2, 0.25) is 10.0 Å². The average Bonchev–Trinajstić information content (AvgIpc) is 3.08. The summed E-state index contributed by atoms with van der Waals surface area (Å²) in [4.78, 5) is 12.2. The van der Waals surface area contributed by atoms with Crippen molar-refractivity contribution >= 4 is 33.2 Å². The molecule has 2 heterocycles. The van der Waals surface area contributed by atoms with Crippen LogP contribution in [0.3, 0.4) is 0 Å². The molecule has 5 nitrogen and oxygen atoms in total. The van der Waals surface area contributed by atoms with Crippen LogP contribution in [0.25, 0.3) is 0 Å². The number of sulfonamides is 1. The molecular weight excluding hydrogens is 371 g/mol. The number of rotatable bonds is 4. The van der Waals surface area contributed by atoms with Crippen molar-refractivity contribution in [2.24, 2.45) is 0 Å². The van der Waals surface area contributed by atoms with Crippen molar-refractivity contribution in [3.05, 3.63) is 62.5 Å². The quantitative estimate of drug-likeness (QED) is 0.811. The smallest absolute Gasteiger partial charge is 0.250 e. The van der Waals surface area contributed by atoms with Gasteiger partial charge in [-0.1, -0.05) is 29.3 Å². The Morgan fingerprint density at radius 1 is 1.00 bits per heavy atom. The predicted octanol–water partition coefficient (Wildman–Crippen LogP) is 2.99. The summed E-state index contributed by atoms with van der Waals surface area (Å²) in [6.45, 7) is 1.27. The van der Waals surface area contributed by atoms with Gasteiger partial charge in [0.25, 0.3) is 5.56 Å². The maximum atomic E-state index is 12.6. The third-order valence-corrected chi connectivity index (χ3v) is 6.62. The molecule has 0 saturated carbocycles. The standard InChI is InChI=1S/C16H16Cl2N2O3S/c17-14-5-3-12(9-15(14)18)10-19-11-13(4-6-16(19)21)24(22,23)20-7-1-2-8-20/h3-6,9,11H,1-2,7-8,10H2. The van der Waals surface area contributed by atoms with Crippen molar-refractivity contribution in [2.75, 3.05) is 13.1 Å². The van der Waals surface area contributed by atoms with Crippen molar-refractivity contribution in [1.29, 1.82) is 0 Å². The van der Waals surface area contributed by atoms with Crippen LogP contribution in [0.5, 0.6) is 0 Å². The normalized spacial score (nSPS) is 15.8. The summed E-state index contributed by atoms with van der Waals surface area (Å²) < 4.78 is 28.1. The average molecular weight is 387 g/mol. The van der Waals surface area contributed by atoms with Crippen LogP contribution in [0.2, 0.25) is 10.0 Å². The molecule has 128 valence electrons. The first-order chi connectivity index (χ1) is 11.4. The maximum absolute atomic E-state index is 12.6. The number of benzene rings is 1. The van der Waals surface area contributed by atoms with Gasteiger partial charge < -0.3 is 4.57 Å². The minimum absolute atomic E-state index is 0.129.